The predicted octanol–water partition coefficient (Wildman–Crippen LogP) is 7.66. The summed E-state index contributed by atoms with van der Waals surface area (Å²) in [6, 6.07) is 18.3. The largest absolute Gasteiger partial charge is 0.481 e. The van der Waals surface area contributed by atoms with E-state index in [0.717, 1.165) is 58.0 Å². The Kier molecular flexibility index (Phi) is 10.6. The van der Waals surface area contributed by atoms with Crippen molar-refractivity contribution in [3.8, 4) is 39.5 Å². The van der Waals surface area contributed by atoms with Gasteiger partial charge in [-0.1, -0.05) is 59.6 Å². The molecular weight excluding hydrogens is 707 g/mol. The van der Waals surface area contributed by atoms with Gasteiger partial charge in [0.25, 0.3) is 0 Å². The van der Waals surface area contributed by atoms with Gasteiger partial charge in [-0.15, -0.1) is 0 Å². The van der Waals surface area contributed by atoms with Gasteiger partial charge in [0.15, 0.2) is 0 Å². The molecule has 5 N–H and O–H groups in total. The number of carbonyl (C=O) groups is 1. The Hall–Kier alpha value is -3.68. The van der Waals surface area contributed by atoms with Crippen LogP contribution in [-0.4, -0.2) is 66.8 Å². The normalized spacial score (nSPS) is 18.2. The lowest BCUT2D eigenvalue weighted by molar-refractivity contribution is -0.119. The van der Waals surface area contributed by atoms with Gasteiger partial charge >= 0.3 is 0 Å². The van der Waals surface area contributed by atoms with Crippen molar-refractivity contribution in [2.45, 2.75) is 50.9 Å². The lowest BCUT2D eigenvalue weighted by Gasteiger charge is -2.39. The van der Waals surface area contributed by atoms with E-state index in [4.69, 9.17) is 37.9 Å². The maximum absolute atomic E-state index is 11.5. The molecule has 2 saturated heterocycles. The second-order valence-electron chi connectivity index (χ2n) is 13.3. The van der Waals surface area contributed by atoms with Gasteiger partial charge in [-0.05, 0) is 43.0 Å². The van der Waals surface area contributed by atoms with Crippen LogP contribution in [0.4, 0.5) is 0 Å². The van der Waals surface area contributed by atoms with Crippen LogP contribution in [0.3, 0.4) is 0 Å². The number of halogens is 2. The highest BCUT2D eigenvalue weighted by atomic mass is 35.5. The minimum atomic E-state index is -2.40. The summed E-state index contributed by atoms with van der Waals surface area (Å²) in [6.45, 7) is 1.93. The van der Waals surface area contributed by atoms with Crippen LogP contribution < -0.4 is 20.7 Å². The number of amides is 1. The molecule has 2 aromatic carbocycles. The maximum Gasteiger partial charge on any atom is 0.220 e. The monoisotopic (exact) mass is 748 g/mol. The van der Waals surface area contributed by atoms with Gasteiger partial charge in [0.05, 0.1) is 28.5 Å². The zero-order valence-electron chi connectivity index (χ0n) is 28.6. The molecule has 2 fully saturated rings. The van der Waals surface area contributed by atoms with Gasteiger partial charge in [-0.25, -0.2) is 4.98 Å². The zero-order chi connectivity index (χ0) is 35.7. The Labute approximate surface area is 309 Å². The van der Waals surface area contributed by atoms with E-state index >= 15 is 0 Å². The van der Waals surface area contributed by atoms with Crippen LogP contribution in [0.1, 0.15) is 36.8 Å². The second-order valence-corrected chi connectivity index (χ2v) is 16.5. The van der Waals surface area contributed by atoms with E-state index in [-0.39, 0.29) is 18.0 Å². The zero-order valence-corrected chi connectivity index (χ0v) is 30.9. The molecule has 0 saturated carbocycles. The molecule has 5 aromatic rings. The van der Waals surface area contributed by atoms with Crippen LogP contribution in [0.15, 0.2) is 67.0 Å². The van der Waals surface area contributed by atoms with E-state index in [1.165, 1.54) is 5.56 Å². The van der Waals surface area contributed by atoms with E-state index in [2.05, 4.69) is 38.8 Å². The van der Waals surface area contributed by atoms with Crippen LogP contribution >= 0.6 is 33.8 Å². The number of hydrogen-bond donors (Lipinski definition) is 5. The first-order valence-electron chi connectivity index (χ1n) is 17.1. The number of rotatable bonds is 11. The number of aromatic nitrogens is 3. The van der Waals surface area contributed by atoms with Crippen LogP contribution in [0.5, 0.6) is 5.88 Å². The van der Waals surface area contributed by atoms with E-state index in [0.29, 0.717) is 64.9 Å². The first kappa shape index (κ1) is 35.7. The maximum atomic E-state index is 11.5. The number of pyridine rings is 2. The molecule has 0 spiro atoms. The fraction of sp³-hybridized carbons (Fsp3) is 0.342. The van der Waals surface area contributed by atoms with Gasteiger partial charge in [0.2, 0.25) is 11.8 Å². The van der Waals surface area contributed by atoms with Crippen molar-refractivity contribution in [2.75, 3.05) is 25.2 Å². The summed E-state index contributed by atoms with van der Waals surface area (Å²) in [5.41, 5.74) is 7.67. The molecule has 1 unspecified atom stereocenters. The number of aryl methyl sites for hydroxylation is 1. The first-order chi connectivity index (χ1) is 24.6. The highest BCUT2D eigenvalue weighted by molar-refractivity contribution is 8.24. The van der Waals surface area contributed by atoms with Crippen molar-refractivity contribution in [1.82, 2.24) is 30.5 Å². The number of nitrogens with one attached hydrogen (secondary N) is 3. The summed E-state index contributed by atoms with van der Waals surface area (Å²) in [4.78, 5) is 21.0. The highest BCUT2D eigenvalue weighted by Crippen LogP contribution is 2.44. The smallest absolute Gasteiger partial charge is 0.220 e. The number of nitrogens with zero attached hydrogens (tertiary/aromatic N) is 3. The molecule has 1 amide bonds. The van der Waals surface area contributed by atoms with Crippen molar-refractivity contribution in [1.29, 1.82) is 0 Å². The number of carbonyl (C=O) groups excluding carboxylic acids is 1. The average molecular weight is 750 g/mol. The molecule has 0 radical (unpaired) electrons. The SMILES string of the molecule is COc1nc(-c2cccc(-c3ccnc(-c4ccc5c(CNC6CCS(O)(O)CC6)cn(C)c5c4)c3Cl)c2Cl)ccc1CNCC1CCC(=O)N1. The fourth-order valence-electron chi connectivity index (χ4n) is 7.06. The number of benzene rings is 2. The Balaban J connectivity index is 1.11. The van der Waals surface area contributed by atoms with Gasteiger partial charge in [0, 0.05) is 108 Å². The summed E-state index contributed by atoms with van der Waals surface area (Å²) in [6.07, 6.45) is 6.83. The first-order valence-corrected chi connectivity index (χ1v) is 19.8. The topological polar surface area (TPSA) is 134 Å². The molecule has 51 heavy (non-hydrogen) atoms. The lowest BCUT2D eigenvalue weighted by atomic mass is 9.99. The van der Waals surface area contributed by atoms with Crippen molar-refractivity contribution < 1.29 is 18.6 Å². The fourth-order valence-corrected chi connectivity index (χ4v) is 9.23. The molecule has 10 nitrogen and oxygen atoms in total. The summed E-state index contributed by atoms with van der Waals surface area (Å²) in [5, 5.41) is 12.2. The van der Waals surface area contributed by atoms with Gasteiger partial charge in [-0.2, -0.15) is 10.6 Å². The van der Waals surface area contributed by atoms with Gasteiger partial charge in [-0.3, -0.25) is 18.9 Å². The summed E-state index contributed by atoms with van der Waals surface area (Å²) in [5.74, 6) is 1.54. The van der Waals surface area contributed by atoms with Crippen molar-refractivity contribution in [3.05, 3.63) is 88.2 Å². The van der Waals surface area contributed by atoms with E-state index in [1.54, 1.807) is 13.3 Å². The predicted molar refractivity (Wildman–Crippen MR) is 207 cm³/mol. The Morgan fingerprint density at radius 1 is 0.980 bits per heavy atom. The standard InChI is InChI=1S/C38H42Cl2N6O4S/c1-46-22-25(20-43-26-13-16-51(48,49)17-14-26)28-9-6-23(18-33(28)46)37-36(40)30(12-15-42-37)29-4-3-5-31(35(29)39)32-10-7-24(38(45-32)50-2)19-41-21-27-8-11-34(47)44-27/h3-7,9-10,12,15,18,22,26-27,41,43,48-49H,8,11,13-14,16-17,19-21H2,1-2H3,(H,44,47). The number of methoxy groups -OCH3 is 1. The van der Waals surface area contributed by atoms with Gasteiger partial charge < -0.3 is 25.3 Å². The molecule has 5 heterocycles. The molecule has 13 heteroatoms. The Bertz CT molecular complexity index is 2080. The molecule has 2 aliphatic heterocycles. The van der Waals surface area contributed by atoms with Gasteiger partial charge in [0.1, 0.15) is 0 Å². The van der Waals surface area contributed by atoms with Crippen LogP contribution in [0.2, 0.25) is 10.0 Å². The van der Waals surface area contributed by atoms with Crippen LogP contribution in [-0.2, 0) is 24.9 Å². The Morgan fingerprint density at radius 3 is 2.53 bits per heavy atom. The summed E-state index contributed by atoms with van der Waals surface area (Å²) >= 11 is 14.2. The third-order valence-electron chi connectivity index (χ3n) is 9.89. The summed E-state index contributed by atoms with van der Waals surface area (Å²) < 4.78 is 27.7. The van der Waals surface area contributed by atoms with Crippen molar-refractivity contribution in [2.24, 2.45) is 7.05 Å². The van der Waals surface area contributed by atoms with E-state index in [9.17, 15) is 13.9 Å². The van der Waals surface area contributed by atoms with Crippen molar-refractivity contribution in [3.63, 3.8) is 0 Å². The van der Waals surface area contributed by atoms with E-state index in [1.807, 2.05) is 49.5 Å². The highest BCUT2D eigenvalue weighted by Gasteiger charge is 2.25. The molecule has 0 aliphatic carbocycles. The van der Waals surface area contributed by atoms with Crippen LogP contribution in [0.25, 0.3) is 44.5 Å². The molecular formula is C38H42Cl2N6O4S. The molecule has 2 aliphatic rings. The quantitative estimate of drug-likeness (QED) is 0.0931. The molecule has 1 atom stereocenters. The third-order valence-corrected chi connectivity index (χ3v) is 12.5. The van der Waals surface area contributed by atoms with Crippen LogP contribution in [0, 0.1) is 0 Å². The second kappa shape index (κ2) is 15.1. The minimum absolute atomic E-state index is 0.0998. The molecule has 268 valence electrons. The average Bonchev–Trinajstić information content (AvgIpc) is 3.69. The number of hydrogen-bond acceptors (Lipinski definition) is 8. The van der Waals surface area contributed by atoms with E-state index < -0.39 is 10.6 Å². The molecule has 0 bridgehead atoms. The third kappa shape index (κ3) is 7.75. The number of ether oxygens (including phenoxy) is 1. The Morgan fingerprint density at radius 2 is 1.76 bits per heavy atom. The minimum Gasteiger partial charge on any atom is -0.481 e. The summed E-state index contributed by atoms with van der Waals surface area (Å²) in [7, 11) is 1.24. The number of fused-ring (bicyclic) bond motifs is 1. The molecule has 3 aromatic heterocycles. The molecule has 7 rings (SSSR count). The van der Waals surface area contributed by atoms with Crippen molar-refractivity contribution >= 4 is 50.6 Å². The lowest BCUT2D eigenvalue weighted by Crippen LogP contribution is -2.35.